The number of nitrogens with two attached hydrogens (primary N) is 1. The maximum atomic E-state index is 6.05. The number of hydrogen-bond acceptors (Lipinski definition) is 5. The molecule has 5 nitrogen and oxygen atoms in total. The Hall–Kier alpha value is -1.30. The van der Waals surface area contributed by atoms with Gasteiger partial charge in [-0.3, -0.25) is 4.90 Å². The van der Waals surface area contributed by atoms with E-state index in [1.165, 1.54) is 0 Å². The van der Waals surface area contributed by atoms with Crippen molar-refractivity contribution in [2.75, 3.05) is 33.9 Å². The van der Waals surface area contributed by atoms with E-state index in [-0.39, 0.29) is 18.2 Å². The molecule has 5 heteroatoms. The first-order valence-corrected chi connectivity index (χ1v) is 7.40. The third-order valence-electron chi connectivity index (χ3n) is 3.87. The van der Waals surface area contributed by atoms with E-state index >= 15 is 0 Å². The van der Waals surface area contributed by atoms with Gasteiger partial charge in [-0.25, -0.2) is 0 Å². The molecule has 0 aliphatic carbocycles. The van der Waals surface area contributed by atoms with Crippen LogP contribution in [-0.2, 0) is 4.74 Å². The maximum Gasteiger partial charge on any atom is 0.122 e. The molecule has 1 heterocycles. The summed E-state index contributed by atoms with van der Waals surface area (Å²) >= 11 is 0. The van der Waals surface area contributed by atoms with Gasteiger partial charge < -0.3 is 19.9 Å². The Morgan fingerprint density at radius 3 is 2.10 bits per heavy atom. The van der Waals surface area contributed by atoms with Crippen LogP contribution in [0.4, 0.5) is 0 Å². The zero-order valence-electron chi connectivity index (χ0n) is 13.3. The Balaban J connectivity index is 2.27. The third-order valence-corrected chi connectivity index (χ3v) is 3.87. The predicted molar refractivity (Wildman–Crippen MR) is 82.9 cm³/mol. The number of benzene rings is 1. The second-order valence-corrected chi connectivity index (χ2v) is 5.61. The monoisotopic (exact) mass is 294 g/mol. The second kappa shape index (κ2) is 7.11. The SMILES string of the molecule is COc1cc(OC)cc([C@H](CN)N2C[C@H](C)O[C@@H](C)C2)c1. The number of hydrogen-bond donors (Lipinski definition) is 1. The molecule has 0 radical (unpaired) electrons. The van der Waals surface area contributed by atoms with Crippen molar-refractivity contribution in [1.29, 1.82) is 0 Å². The van der Waals surface area contributed by atoms with Gasteiger partial charge in [0.25, 0.3) is 0 Å². The Bertz CT molecular complexity index is 435. The Labute approximate surface area is 127 Å². The Kier molecular flexibility index (Phi) is 5.45. The van der Waals surface area contributed by atoms with Gasteiger partial charge in [-0.15, -0.1) is 0 Å². The molecule has 0 unspecified atom stereocenters. The summed E-state index contributed by atoms with van der Waals surface area (Å²) < 4.78 is 16.5. The number of ether oxygens (including phenoxy) is 3. The van der Waals surface area contributed by atoms with Gasteiger partial charge in [0.1, 0.15) is 11.5 Å². The minimum Gasteiger partial charge on any atom is -0.497 e. The highest BCUT2D eigenvalue weighted by Gasteiger charge is 2.28. The molecule has 1 aromatic rings. The molecule has 2 rings (SSSR count). The van der Waals surface area contributed by atoms with Crippen molar-refractivity contribution in [3.63, 3.8) is 0 Å². The lowest BCUT2D eigenvalue weighted by Crippen LogP contribution is -2.48. The molecule has 0 saturated carbocycles. The van der Waals surface area contributed by atoms with Crippen LogP contribution >= 0.6 is 0 Å². The molecule has 1 aliphatic heterocycles. The van der Waals surface area contributed by atoms with Gasteiger partial charge in [0.05, 0.1) is 26.4 Å². The van der Waals surface area contributed by atoms with Crippen LogP contribution in [0.3, 0.4) is 0 Å². The average Bonchev–Trinajstić information content (AvgIpc) is 2.46. The zero-order valence-corrected chi connectivity index (χ0v) is 13.3. The van der Waals surface area contributed by atoms with E-state index in [4.69, 9.17) is 19.9 Å². The number of nitrogens with zero attached hydrogens (tertiary/aromatic N) is 1. The van der Waals surface area contributed by atoms with Crippen LogP contribution in [0.25, 0.3) is 0 Å². The fourth-order valence-electron chi connectivity index (χ4n) is 2.99. The van der Waals surface area contributed by atoms with E-state index in [0.717, 1.165) is 30.2 Å². The van der Waals surface area contributed by atoms with Crippen LogP contribution in [-0.4, -0.2) is 51.0 Å². The van der Waals surface area contributed by atoms with E-state index in [2.05, 4.69) is 18.7 Å². The average molecular weight is 294 g/mol. The Morgan fingerprint density at radius 2 is 1.67 bits per heavy atom. The molecule has 0 bridgehead atoms. The lowest BCUT2D eigenvalue weighted by Gasteiger charge is -2.40. The van der Waals surface area contributed by atoms with E-state index in [0.29, 0.717) is 6.54 Å². The van der Waals surface area contributed by atoms with Crippen LogP contribution in [0.5, 0.6) is 11.5 Å². The molecular weight excluding hydrogens is 268 g/mol. The van der Waals surface area contributed by atoms with Crippen LogP contribution < -0.4 is 15.2 Å². The zero-order chi connectivity index (χ0) is 15.4. The van der Waals surface area contributed by atoms with Crippen molar-refractivity contribution in [1.82, 2.24) is 4.90 Å². The normalized spacial score (nSPS) is 24.6. The molecule has 3 atom stereocenters. The maximum absolute atomic E-state index is 6.05. The van der Waals surface area contributed by atoms with Crippen molar-refractivity contribution < 1.29 is 14.2 Å². The standard InChI is InChI=1S/C16H26N2O3/c1-11-9-18(10-12(2)21-11)16(8-17)13-5-14(19-3)7-15(6-13)20-4/h5-7,11-12,16H,8-10,17H2,1-4H3/t11-,12-,16-/m0/s1. The Morgan fingerprint density at radius 1 is 1.14 bits per heavy atom. The smallest absolute Gasteiger partial charge is 0.122 e. The van der Waals surface area contributed by atoms with Gasteiger partial charge in [-0.05, 0) is 31.5 Å². The molecular formula is C16H26N2O3. The summed E-state index contributed by atoms with van der Waals surface area (Å²) in [5.41, 5.74) is 7.17. The van der Waals surface area contributed by atoms with E-state index in [1.807, 2.05) is 18.2 Å². The summed E-state index contributed by atoms with van der Waals surface area (Å²) in [5.74, 6) is 1.58. The van der Waals surface area contributed by atoms with Crippen LogP contribution in [0, 0.1) is 0 Å². The molecule has 1 fully saturated rings. The molecule has 21 heavy (non-hydrogen) atoms. The van der Waals surface area contributed by atoms with Crippen LogP contribution in [0.15, 0.2) is 18.2 Å². The minimum atomic E-state index is 0.141. The summed E-state index contributed by atoms with van der Waals surface area (Å²) in [6.07, 6.45) is 0.436. The summed E-state index contributed by atoms with van der Waals surface area (Å²) in [5, 5.41) is 0. The van der Waals surface area contributed by atoms with Gasteiger partial charge in [0, 0.05) is 31.7 Å². The first kappa shape index (κ1) is 16.1. The van der Waals surface area contributed by atoms with Crippen molar-refractivity contribution in [2.24, 2.45) is 5.73 Å². The van der Waals surface area contributed by atoms with Crippen molar-refractivity contribution in [2.45, 2.75) is 32.1 Å². The topological polar surface area (TPSA) is 57.0 Å². The molecule has 118 valence electrons. The molecule has 1 saturated heterocycles. The van der Waals surface area contributed by atoms with Gasteiger partial charge in [-0.1, -0.05) is 0 Å². The minimum absolute atomic E-state index is 0.141. The molecule has 1 aromatic carbocycles. The highest BCUT2D eigenvalue weighted by atomic mass is 16.5. The van der Waals surface area contributed by atoms with Crippen molar-refractivity contribution in [3.05, 3.63) is 23.8 Å². The van der Waals surface area contributed by atoms with Gasteiger partial charge in [-0.2, -0.15) is 0 Å². The molecule has 0 aromatic heterocycles. The predicted octanol–water partition coefficient (Wildman–Crippen LogP) is 1.81. The fraction of sp³-hybridized carbons (Fsp3) is 0.625. The highest BCUT2D eigenvalue weighted by molar-refractivity contribution is 5.40. The largest absolute Gasteiger partial charge is 0.497 e. The summed E-state index contributed by atoms with van der Waals surface area (Å²) in [6.45, 7) is 6.51. The van der Waals surface area contributed by atoms with Crippen LogP contribution in [0.1, 0.15) is 25.5 Å². The van der Waals surface area contributed by atoms with E-state index in [1.54, 1.807) is 14.2 Å². The third kappa shape index (κ3) is 3.87. The van der Waals surface area contributed by atoms with Crippen molar-refractivity contribution >= 4 is 0 Å². The first-order chi connectivity index (χ1) is 10.1. The highest BCUT2D eigenvalue weighted by Crippen LogP contribution is 2.30. The number of methoxy groups -OCH3 is 2. The summed E-state index contributed by atoms with van der Waals surface area (Å²) in [4.78, 5) is 2.38. The number of rotatable bonds is 5. The lowest BCUT2D eigenvalue weighted by molar-refractivity contribution is -0.0799. The van der Waals surface area contributed by atoms with E-state index < -0.39 is 0 Å². The first-order valence-electron chi connectivity index (χ1n) is 7.40. The quantitative estimate of drug-likeness (QED) is 0.897. The number of morpholine rings is 1. The molecule has 2 N–H and O–H groups in total. The van der Waals surface area contributed by atoms with Crippen molar-refractivity contribution in [3.8, 4) is 11.5 Å². The van der Waals surface area contributed by atoms with Crippen LogP contribution in [0.2, 0.25) is 0 Å². The fourth-order valence-corrected chi connectivity index (χ4v) is 2.99. The van der Waals surface area contributed by atoms with Gasteiger partial charge in [0.15, 0.2) is 0 Å². The van der Waals surface area contributed by atoms with Gasteiger partial charge in [0.2, 0.25) is 0 Å². The van der Waals surface area contributed by atoms with E-state index in [9.17, 15) is 0 Å². The lowest BCUT2D eigenvalue weighted by atomic mass is 10.0. The molecule has 0 amide bonds. The summed E-state index contributed by atoms with van der Waals surface area (Å²) in [6, 6.07) is 6.08. The van der Waals surface area contributed by atoms with Gasteiger partial charge >= 0.3 is 0 Å². The summed E-state index contributed by atoms with van der Waals surface area (Å²) in [7, 11) is 3.32. The molecule has 1 aliphatic rings. The molecule has 0 spiro atoms. The second-order valence-electron chi connectivity index (χ2n) is 5.61.